The van der Waals surface area contributed by atoms with E-state index in [1.165, 1.54) is 11.3 Å². The van der Waals surface area contributed by atoms with Crippen LogP contribution in [0.3, 0.4) is 0 Å². The molecule has 1 aliphatic rings. The number of aromatic nitrogens is 1. The molecule has 1 atom stereocenters. The summed E-state index contributed by atoms with van der Waals surface area (Å²) >= 11 is 7.52. The number of rotatable bonds is 5. The zero-order chi connectivity index (χ0) is 16.2. The van der Waals surface area contributed by atoms with E-state index < -0.39 is 0 Å². The topological polar surface area (TPSA) is 71.2 Å². The molecule has 0 bridgehead atoms. The second-order valence-corrected chi connectivity index (χ2v) is 6.93. The Labute approximate surface area is 168 Å². The van der Waals surface area contributed by atoms with Crippen LogP contribution in [0.5, 0.6) is 0 Å². The fourth-order valence-electron chi connectivity index (χ4n) is 2.70. The van der Waals surface area contributed by atoms with Gasteiger partial charge in [-0.05, 0) is 31.2 Å². The lowest BCUT2D eigenvalue weighted by Crippen LogP contribution is -2.37. The highest BCUT2D eigenvalue weighted by molar-refractivity contribution is 7.09. The molecule has 3 N–H and O–H groups in total. The first kappa shape index (κ1) is 22.0. The van der Waals surface area contributed by atoms with Crippen LogP contribution >= 0.6 is 47.8 Å². The molecule has 2 heterocycles. The third-order valence-corrected chi connectivity index (χ3v) is 4.98. The largest absolute Gasteiger partial charge is 0.369 e. The number of halogens is 3. The second-order valence-electron chi connectivity index (χ2n) is 5.55. The van der Waals surface area contributed by atoms with Crippen LogP contribution in [0.15, 0.2) is 29.6 Å². The summed E-state index contributed by atoms with van der Waals surface area (Å²) in [5.74, 6) is -0.109. The number of carbonyl (C=O) groups is 1. The van der Waals surface area contributed by atoms with Gasteiger partial charge in [-0.1, -0.05) is 17.7 Å². The molecule has 1 saturated heterocycles. The Bertz CT molecular complexity index is 698. The van der Waals surface area contributed by atoms with E-state index in [9.17, 15) is 4.79 Å². The van der Waals surface area contributed by atoms with Crippen molar-refractivity contribution in [1.82, 2.24) is 10.3 Å². The summed E-state index contributed by atoms with van der Waals surface area (Å²) in [7, 11) is 0. The van der Waals surface area contributed by atoms with Crippen LogP contribution in [0, 0.1) is 0 Å². The summed E-state index contributed by atoms with van der Waals surface area (Å²) < 4.78 is 0. The molecule has 0 spiro atoms. The summed E-state index contributed by atoms with van der Waals surface area (Å²) in [4.78, 5) is 18.8. The van der Waals surface area contributed by atoms with E-state index in [4.69, 9.17) is 17.3 Å². The molecule has 1 aliphatic heterocycles. The van der Waals surface area contributed by atoms with Gasteiger partial charge in [-0.25, -0.2) is 4.98 Å². The average Bonchev–Trinajstić information content (AvgIpc) is 3.17. The highest BCUT2D eigenvalue weighted by atomic mass is 35.5. The first-order valence-corrected chi connectivity index (χ1v) is 8.87. The van der Waals surface area contributed by atoms with Crippen LogP contribution < -0.4 is 16.0 Å². The highest BCUT2D eigenvalue weighted by Gasteiger charge is 2.25. The molecule has 1 aromatic heterocycles. The van der Waals surface area contributed by atoms with Crippen LogP contribution in [-0.4, -0.2) is 36.6 Å². The van der Waals surface area contributed by atoms with Crippen molar-refractivity contribution < 1.29 is 4.79 Å². The number of nitrogens with one attached hydrogen (secondary N) is 1. The summed E-state index contributed by atoms with van der Waals surface area (Å²) in [6, 6.07) is 7.92. The van der Waals surface area contributed by atoms with E-state index in [-0.39, 0.29) is 36.8 Å². The third-order valence-electron chi connectivity index (χ3n) is 3.84. The molecule has 1 fully saturated rings. The smallest absolute Gasteiger partial charge is 0.271 e. The Morgan fingerprint density at radius 1 is 1.44 bits per heavy atom. The first-order valence-electron chi connectivity index (χ1n) is 7.61. The standard InChI is InChI=1S/C16H19ClN4OS.2ClH/c17-11-2-1-3-13(8-11)21-7-5-12(9-21)19-16(22)14-10-23-15(20-14)4-6-18;;/h1-3,8,10,12H,4-7,9,18H2,(H,19,22);2*1H. The van der Waals surface area contributed by atoms with E-state index >= 15 is 0 Å². The molecule has 25 heavy (non-hydrogen) atoms. The fraction of sp³-hybridized carbons (Fsp3) is 0.375. The Morgan fingerprint density at radius 2 is 2.24 bits per heavy atom. The maximum absolute atomic E-state index is 12.3. The summed E-state index contributed by atoms with van der Waals surface area (Å²) in [6.07, 6.45) is 1.63. The molecule has 2 aromatic rings. The molecule has 9 heteroatoms. The van der Waals surface area contributed by atoms with Crippen LogP contribution in [0.25, 0.3) is 0 Å². The Kier molecular flexibility index (Phi) is 8.96. The van der Waals surface area contributed by atoms with Gasteiger partial charge in [-0.3, -0.25) is 4.79 Å². The van der Waals surface area contributed by atoms with Crippen LogP contribution in [0.4, 0.5) is 5.69 Å². The lowest BCUT2D eigenvalue weighted by atomic mass is 10.2. The van der Waals surface area contributed by atoms with Gasteiger partial charge in [-0.15, -0.1) is 36.2 Å². The van der Waals surface area contributed by atoms with Crippen LogP contribution in [-0.2, 0) is 6.42 Å². The molecule has 3 rings (SSSR count). The van der Waals surface area contributed by atoms with Gasteiger partial charge in [-0.2, -0.15) is 0 Å². The van der Waals surface area contributed by atoms with Crippen molar-refractivity contribution in [3.8, 4) is 0 Å². The number of nitrogens with zero attached hydrogens (tertiary/aromatic N) is 2. The molecule has 0 aliphatic carbocycles. The van der Waals surface area contributed by atoms with Crippen molar-refractivity contribution in [2.24, 2.45) is 5.73 Å². The van der Waals surface area contributed by atoms with Crippen LogP contribution in [0.2, 0.25) is 5.02 Å². The Morgan fingerprint density at radius 3 is 2.96 bits per heavy atom. The maximum Gasteiger partial charge on any atom is 0.271 e. The number of carbonyl (C=O) groups excluding carboxylic acids is 1. The van der Waals surface area contributed by atoms with Crippen molar-refractivity contribution >= 4 is 59.3 Å². The zero-order valence-electron chi connectivity index (χ0n) is 13.5. The average molecular weight is 424 g/mol. The van der Waals surface area contributed by atoms with Gasteiger partial charge < -0.3 is 16.0 Å². The van der Waals surface area contributed by atoms with Gasteiger partial charge in [0.25, 0.3) is 5.91 Å². The highest BCUT2D eigenvalue weighted by Crippen LogP contribution is 2.23. The number of hydrogen-bond acceptors (Lipinski definition) is 5. The number of thiazole rings is 1. The van der Waals surface area contributed by atoms with Gasteiger partial charge >= 0.3 is 0 Å². The number of nitrogens with two attached hydrogens (primary N) is 1. The maximum atomic E-state index is 12.3. The minimum atomic E-state index is -0.109. The van der Waals surface area contributed by atoms with Crippen molar-refractivity contribution in [3.63, 3.8) is 0 Å². The summed E-state index contributed by atoms with van der Waals surface area (Å²) in [5, 5.41) is 6.49. The van der Waals surface area contributed by atoms with Crippen molar-refractivity contribution in [2.75, 3.05) is 24.5 Å². The SMILES string of the molecule is Cl.Cl.NCCc1nc(C(=O)NC2CCN(c3cccc(Cl)c3)C2)cs1. The third kappa shape index (κ3) is 5.72. The van der Waals surface area contributed by atoms with Crippen molar-refractivity contribution in [2.45, 2.75) is 18.9 Å². The summed E-state index contributed by atoms with van der Waals surface area (Å²) in [5.41, 5.74) is 7.09. The molecule has 1 unspecified atom stereocenters. The van der Waals surface area contributed by atoms with E-state index in [1.54, 1.807) is 5.38 Å². The number of hydrogen-bond donors (Lipinski definition) is 2. The van der Waals surface area contributed by atoms with E-state index in [2.05, 4.69) is 15.2 Å². The van der Waals surface area contributed by atoms with E-state index in [1.807, 2.05) is 24.3 Å². The summed E-state index contributed by atoms with van der Waals surface area (Å²) in [6.45, 7) is 2.23. The second kappa shape index (κ2) is 10.2. The van der Waals surface area contributed by atoms with Gasteiger partial charge in [0.1, 0.15) is 5.69 Å². The Hall–Kier alpha value is -1.05. The number of amides is 1. The molecule has 1 amide bonds. The lowest BCUT2D eigenvalue weighted by Gasteiger charge is -2.19. The molecule has 1 aromatic carbocycles. The van der Waals surface area contributed by atoms with Gasteiger partial charge in [0.05, 0.1) is 5.01 Å². The predicted molar refractivity (Wildman–Crippen MR) is 109 cm³/mol. The predicted octanol–water partition coefficient (Wildman–Crippen LogP) is 3.15. The van der Waals surface area contributed by atoms with Crippen LogP contribution in [0.1, 0.15) is 21.9 Å². The quantitative estimate of drug-likeness (QED) is 0.775. The van der Waals surface area contributed by atoms with Gasteiger partial charge in [0.2, 0.25) is 0 Å². The lowest BCUT2D eigenvalue weighted by molar-refractivity contribution is 0.0936. The molecular weight excluding hydrogens is 403 g/mol. The Balaban J connectivity index is 0.00000156. The normalized spacial score (nSPS) is 16.1. The molecule has 0 radical (unpaired) electrons. The zero-order valence-corrected chi connectivity index (χ0v) is 16.7. The van der Waals surface area contributed by atoms with Gasteiger partial charge in [0, 0.05) is 41.6 Å². The number of benzene rings is 1. The van der Waals surface area contributed by atoms with Crippen molar-refractivity contribution in [1.29, 1.82) is 0 Å². The molecular formula is C16H21Cl3N4OS. The van der Waals surface area contributed by atoms with Crippen molar-refractivity contribution in [3.05, 3.63) is 45.4 Å². The fourth-order valence-corrected chi connectivity index (χ4v) is 3.68. The molecule has 5 nitrogen and oxygen atoms in total. The first-order chi connectivity index (χ1) is 11.2. The molecule has 0 saturated carbocycles. The monoisotopic (exact) mass is 422 g/mol. The minimum Gasteiger partial charge on any atom is -0.369 e. The van der Waals surface area contributed by atoms with Gasteiger partial charge in [0.15, 0.2) is 0 Å². The van der Waals surface area contributed by atoms with E-state index in [0.29, 0.717) is 18.7 Å². The minimum absolute atomic E-state index is 0. The van der Waals surface area contributed by atoms with E-state index in [0.717, 1.165) is 35.2 Å². The number of anilines is 1. The molecule has 138 valence electrons.